The number of nitrogens with zero attached hydrogens (tertiary/aromatic N) is 6. The highest BCUT2D eigenvalue weighted by Crippen LogP contribution is 2.25. The van der Waals surface area contributed by atoms with E-state index in [1.165, 1.54) is 82.8 Å². The summed E-state index contributed by atoms with van der Waals surface area (Å²) in [5.74, 6) is -8.03. The number of nitrogens with one attached hydrogen (secondary N) is 5. The van der Waals surface area contributed by atoms with Crippen LogP contribution >= 0.6 is 0 Å². The molecule has 0 radical (unpaired) electrons. The lowest BCUT2D eigenvalue weighted by Gasteiger charge is -2.37. The third-order valence-electron chi connectivity index (χ3n) is 15.9. The van der Waals surface area contributed by atoms with Gasteiger partial charge in [-0.2, -0.15) is 0 Å². The molecular formula is C64H118N12O13. The van der Waals surface area contributed by atoms with Crippen molar-refractivity contribution in [2.75, 3.05) is 62.4 Å². The molecule has 512 valence electrons. The Morgan fingerprint density at radius 3 is 1.42 bits per heavy atom. The van der Waals surface area contributed by atoms with Crippen molar-refractivity contribution in [3.63, 3.8) is 0 Å². The summed E-state index contributed by atoms with van der Waals surface area (Å²) in [5, 5.41) is 13.2. The van der Waals surface area contributed by atoms with Gasteiger partial charge in [0.2, 0.25) is 59.1 Å². The Balaban J connectivity index is 6.67. The van der Waals surface area contributed by atoms with Crippen molar-refractivity contribution in [1.29, 1.82) is 0 Å². The standard InChI is InChI=1S/C64H118N12O13/c1-24-46(68-60(84)54(76(23)51(78)35-41(10)11)55(89-45(16)77)43(14)29-27-25-26-28-30-65)61(85)71(18)36-52(79)72(19)48(32-38(4)5)59(83)69-53(42(12)13)63(87)74(21)49(33-39(6)7)58(82)67-44(15)56(80)70-64(88)75(22)50(34-40(8)9)62(86)73(20)47(31-37(2)3)57(81)66-17/h37-44,46-50,53-55H,24-36,65H2,1-23H3,(H,66,81)(H,67,82)(H,68,84)(H,69,83)(H,70,80,88)/t43-,44+,46+,47+,48+,49+,50+,53+,54?,55-/m1/s1. The van der Waals surface area contributed by atoms with E-state index < -0.39 is 126 Å². The van der Waals surface area contributed by atoms with Gasteiger partial charge in [-0.15, -0.1) is 0 Å². The van der Waals surface area contributed by atoms with Crippen LogP contribution in [0.25, 0.3) is 0 Å². The Bertz CT molecular complexity index is 2330. The number of imide groups is 1. The lowest BCUT2D eigenvalue weighted by molar-refractivity contribution is -0.161. The van der Waals surface area contributed by atoms with E-state index in [0.29, 0.717) is 19.4 Å². The average molecular weight is 1260 g/mol. The Morgan fingerprint density at radius 2 is 0.955 bits per heavy atom. The zero-order chi connectivity index (χ0) is 69.1. The van der Waals surface area contributed by atoms with E-state index in [1.807, 2.05) is 76.2 Å². The van der Waals surface area contributed by atoms with Gasteiger partial charge in [0, 0.05) is 62.7 Å². The monoisotopic (exact) mass is 1260 g/mol. The second-order valence-corrected chi connectivity index (χ2v) is 26.7. The smallest absolute Gasteiger partial charge is 0.324 e. The van der Waals surface area contributed by atoms with Gasteiger partial charge in [-0.05, 0) is 99.8 Å². The molecule has 0 heterocycles. The van der Waals surface area contributed by atoms with Crippen LogP contribution in [0.1, 0.15) is 181 Å². The number of esters is 1. The van der Waals surface area contributed by atoms with Crippen molar-refractivity contribution >= 4 is 71.1 Å². The molecule has 25 heteroatoms. The van der Waals surface area contributed by atoms with Gasteiger partial charge in [-0.1, -0.05) is 116 Å². The van der Waals surface area contributed by atoms with Crippen molar-refractivity contribution in [2.45, 2.75) is 236 Å². The normalized spacial score (nSPS) is 14.9. The first kappa shape index (κ1) is 82.6. The molecule has 0 saturated heterocycles. The maximum atomic E-state index is 14.6. The Hall–Kier alpha value is -6.40. The average Bonchev–Trinajstić information content (AvgIpc) is 2.66. The van der Waals surface area contributed by atoms with Crippen LogP contribution < -0.4 is 32.3 Å². The topological polar surface area (TPSA) is 320 Å². The number of nitrogens with two attached hydrogens (primary N) is 1. The number of amides is 12. The fraction of sp³-hybridized carbons (Fsp3) is 0.812. The molecule has 0 bridgehead atoms. The first-order chi connectivity index (χ1) is 41.2. The molecule has 25 nitrogen and oxygen atoms in total. The molecule has 0 spiro atoms. The highest BCUT2D eigenvalue weighted by Gasteiger charge is 2.43. The van der Waals surface area contributed by atoms with Crippen molar-refractivity contribution < 1.29 is 62.3 Å². The second kappa shape index (κ2) is 40.4. The Labute approximate surface area is 532 Å². The molecule has 0 aliphatic carbocycles. The number of likely N-dealkylation sites (N-methyl/N-ethyl adjacent to an activating group) is 7. The molecule has 89 heavy (non-hydrogen) atoms. The minimum Gasteiger partial charge on any atom is -0.460 e. The van der Waals surface area contributed by atoms with Gasteiger partial charge in [0.05, 0.1) is 6.54 Å². The zero-order valence-electron chi connectivity index (χ0n) is 58.5. The molecule has 0 aliphatic heterocycles. The minimum atomic E-state index is -1.31. The predicted molar refractivity (Wildman–Crippen MR) is 344 cm³/mol. The van der Waals surface area contributed by atoms with Gasteiger partial charge in [-0.3, -0.25) is 58.1 Å². The summed E-state index contributed by atoms with van der Waals surface area (Å²) in [7, 11) is 10.1. The molecule has 0 saturated carbocycles. The molecule has 0 aromatic carbocycles. The lowest BCUT2D eigenvalue weighted by Crippen LogP contribution is -2.61. The SMILES string of the molecule is CC[C@H](NC(=O)C([C@H](OC(C)=O)[C@H](C)CCCCCCN)N(C)C(=O)CC(C)C)C(=O)N(C)CC(=O)N(C)[C@@H](CC(C)C)C(=O)N[C@H](C(=O)N(C)[C@@H](CC(C)C)C(=O)N[C@@H](C)C(=O)NC(=O)N(C)[C@@H](CC(C)C)C(=O)N(C)[C@@H](CC(C)C)C(=O)NC)C(C)C. The summed E-state index contributed by atoms with van der Waals surface area (Å²) in [6, 6.07) is -10.1. The molecule has 0 rings (SSSR count). The summed E-state index contributed by atoms with van der Waals surface area (Å²) in [6.45, 7) is 28.3. The van der Waals surface area contributed by atoms with Gasteiger partial charge in [0.15, 0.2) is 0 Å². The van der Waals surface area contributed by atoms with Gasteiger partial charge >= 0.3 is 12.0 Å². The quantitative estimate of drug-likeness (QED) is 0.0370. The van der Waals surface area contributed by atoms with E-state index in [9.17, 15) is 57.5 Å². The third-order valence-corrected chi connectivity index (χ3v) is 15.9. The molecule has 12 amide bonds. The van der Waals surface area contributed by atoms with E-state index >= 15 is 0 Å². The summed E-state index contributed by atoms with van der Waals surface area (Å²) in [6.07, 6.45) is 3.97. The number of ether oxygens (including phenoxy) is 1. The summed E-state index contributed by atoms with van der Waals surface area (Å²) in [5.41, 5.74) is 5.68. The van der Waals surface area contributed by atoms with Crippen LogP contribution in [-0.4, -0.2) is 217 Å². The number of carbonyl (C=O) groups excluding carboxylic acids is 12. The minimum absolute atomic E-state index is 0.0538. The van der Waals surface area contributed by atoms with Gasteiger partial charge in [-0.25, -0.2) is 4.79 Å². The highest BCUT2D eigenvalue weighted by atomic mass is 16.5. The zero-order valence-corrected chi connectivity index (χ0v) is 58.5. The van der Waals surface area contributed by atoms with Crippen molar-refractivity contribution in [2.24, 2.45) is 47.2 Å². The molecular weight excluding hydrogens is 1140 g/mol. The van der Waals surface area contributed by atoms with Crippen molar-refractivity contribution in [1.82, 2.24) is 56.0 Å². The molecule has 0 aliphatic rings. The van der Waals surface area contributed by atoms with Crippen LogP contribution in [0.3, 0.4) is 0 Å². The van der Waals surface area contributed by atoms with Crippen molar-refractivity contribution in [3.05, 3.63) is 0 Å². The predicted octanol–water partition coefficient (Wildman–Crippen LogP) is 4.28. The lowest BCUT2D eigenvalue weighted by atomic mass is 9.90. The van der Waals surface area contributed by atoms with Crippen LogP contribution in [0.2, 0.25) is 0 Å². The number of rotatable bonds is 39. The second-order valence-electron chi connectivity index (χ2n) is 26.7. The van der Waals surface area contributed by atoms with E-state index in [0.717, 1.165) is 35.5 Å². The number of hydrogen-bond donors (Lipinski definition) is 6. The molecule has 10 atom stereocenters. The maximum Gasteiger partial charge on any atom is 0.324 e. The summed E-state index contributed by atoms with van der Waals surface area (Å²) < 4.78 is 5.82. The maximum absolute atomic E-state index is 14.6. The first-order valence-corrected chi connectivity index (χ1v) is 32.1. The number of unbranched alkanes of at least 4 members (excludes halogenated alkanes) is 3. The number of hydrogen-bond acceptors (Lipinski definition) is 14. The van der Waals surface area contributed by atoms with Crippen LogP contribution in [0.5, 0.6) is 0 Å². The molecule has 0 aromatic heterocycles. The van der Waals surface area contributed by atoms with Crippen LogP contribution in [0.15, 0.2) is 0 Å². The van der Waals surface area contributed by atoms with E-state index in [1.54, 1.807) is 20.8 Å². The molecule has 0 fully saturated rings. The Kier molecular flexibility index (Phi) is 37.5. The summed E-state index contributed by atoms with van der Waals surface area (Å²) >= 11 is 0. The third kappa shape index (κ3) is 27.7. The molecule has 1 unspecified atom stereocenters. The van der Waals surface area contributed by atoms with Gasteiger partial charge in [0.1, 0.15) is 54.4 Å². The van der Waals surface area contributed by atoms with Crippen molar-refractivity contribution in [3.8, 4) is 0 Å². The van der Waals surface area contributed by atoms with Gasteiger partial charge in [0.25, 0.3) is 0 Å². The first-order valence-electron chi connectivity index (χ1n) is 32.1. The van der Waals surface area contributed by atoms with Gasteiger partial charge < -0.3 is 61.1 Å². The van der Waals surface area contributed by atoms with E-state index in [-0.39, 0.29) is 79.4 Å². The van der Waals surface area contributed by atoms with E-state index in [2.05, 4.69) is 26.6 Å². The summed E-state index contributed by atoms with van der Waals surface area (Å²) in [4.78, 5) is 174. The fourth-order valence-corrected chi connectivity index (χ4v) is 10.5. The van der Waals surface area contributed by atoms with E-state index in [4.69, 9.17) is 10.5 Å². The van der Waals surface area contributed by atoms with Crippen LogP contribution in [-0.2, 0) is 57.5 Å². The Morgan fingerprint density at radius 1 is 0.483 bits per heavy atom. The largest absolute Gasteiger partial charge is 0.460 e. The molecule has 0 aromatic rings. The number of urea groups is 1. The fourth-order valence-electron chi connectivity index (χ4n) is 10.5. The molecule has 7 N–H and O–H groups in total. The highest BCUT2D eigenvalue weighted by molar-refractivity contribution is 6.01. The number of carbonyl (C=O) groups is 12. The van der Waals surface area contributed by atoms with Crippen LogP contribution in [0.4, 0.5) is 4.79 Å². The van der Waals surface area contributed by atoms with Crippen LogP contribution in [0, 0.1) is 41.4 Å².